The van der Waals surface area contributed by atoms with Crippen LogP contribution in [0.5, 0.6) is 5.75 Å². The lowest BCUT2D eigenvalue weighted by Gasteiger charge is -2.13. The number of carbonyl (C=O) groups excluding carboxylic acids is 2. The van der Waals surface area contributed by atoms with Gasteiger partial charge in [-0.2, -0.15) is 0 Å². The van der Waals surface area contributed by atoms with E-state index in [1.807, 2.05) is 0 Å². The van der Waals surface area contributed by atoms with E-state index in [0.717, 1.165) is 6.07 Å². The lowest BCUT2D eigenvalue weighted by atomic mass is 10.1. The van der Waals surface area contributed by atoms with Gasteiger partial charge in [-0.1, -0.05) is 6.07 Å². The molecule has 8 heteroatoms. The van der Waals surface area contributed by atoms with Crippen LogP contribution in [0.2, 0.25) is 0 Å². The van der Waals surface area contributed by atoms with Crippen molar-refractivity contribution in [3.05, 3.63) is 51.8 Å². The zero-order valence-corrected chi connectivity index (χ0v) is 12.9. The summed E-state index contributed by atoms with van der Waals surface area (Å²) in [7, 11) is 1.57. The quantitative estimate of drug-likeness (QED) is 0.604. The fourth-order valence-corrected chi connectivity index (χ4v) is 2.50. The van der Waals surface area contributed by atoms with E-state index in [-0.39, 0.29) is 16.9 Å². The molecule has 124 valence electrons. The molecule has 8 nitrogen and oxygen atoms in total. The first-order valence-corrected chi connectivity index (χ1v) is 7.16. The molecule has 0 saturated heterocycles. The molecule has 1 aromatic carbocycles. The van der Waals surface area contributed by atoms with Gasteiger partial charge in [0.15, 0.2) is 0 Å². The molecule has 3 rings (SSSR count). The van der Waals surface area contributed by atoms with Crippen LogP contribution < -0.4 is 21.3 Å². The zero-order valence-electron chi connectivity index (χ0n) is 12.9. The molecule has 0 fully saturated rings. The fourth-order valence-electron chi connectivity index (χ4n) is 2.50. The molecule has 2 amide bonds. The number of pyridine rings is 1. The fraction of sp³-hybridized carbons (Fsp3) is 0.188. The second-order valence-corrected chi connectivity index (χ2v) is 5.11. The molecule has 2 heterocycles. The SMILES string of the molecule is COCCOc1cccc(-n2c(N)c3c(cc2=O)C(=O)NC3=O)c1. The third-order valence-corrected chi connectivity index (χ3v) is 3.59. The minimum absolute atomic E-state index is 0.00491. The molecule has 1 aliphatic rings. The Morgan fingerprint density at radius 1 is 1.12 bits per heavy atom. The number of nitrogen functional groups attached to an aromatic ring is 1. The number of aromatic nitrogens is 1. The van der Waals surface area contributed by atoms with Crippen molar-refractivity contribution >= 4 is 17.6 Å². The van der Waals surface area contributed by atoms with E-state index in [1.54, 1.807) is 31.4 Å². The van der Waals surface area contributed by atoms with Crippen molar-refractivity contribution in [3.63, 3.8) is 0 Å². The van der Waals surface area contributed by atoms with Gasteiger partial charge in [0.2, 0.25) is 0 Å². The number of fused-ring (bicyclic) bond motifs is 1. The van der Waals surface area contributed by atoms with Crippen LogP contribution >= 0.6 is 0 Å². The third-order valence-electron chi connectivity index (χ3n) is 3.59. The normalized spacial score (nSPS) is 12.9. The highest BCUT2D eigenvalue weighted by Gasteiger charge is 2.31. The number of hydrogen-bond acceptors (Lipinski definition) is 6. The maximum Gasteiger partial charge on any atom is 0.262 e. The van der Waals surface area contributed by atoms with Crippen LogP contribution in [0, 0.1) is 0 Å². The van der Waals surface area contributed by atoms with Crippen LogP contribution in [0.25, 0.3) is 5.69 Å². The summed E-state index contributed by atoms with van der Waals surface area (Å²) in [6, 6.07) is 7.80. The number of rotatable bonds is 5. The van der Waals surface area contributed by atoms with E-state index in [2.05, 4.69) is 5.32 Å². The highest BCUT2D eigenvalue weighted by molar-refractivity contribution is 6.23. The molecule has 24 heavy (non-hydrogen) atoms. The Morgan fingerprint density at radius 3 is 2.67 bits per heavy atom. The van der Waals surface area contributed by atoms with Gasteiger partial charge >= 0.3 is 0 Å². The number of carbonyl (C=O) groups is 2. The smallest absolute Gasteiger partial charge is 0.262 e. The van der Waals surface area contributed by atoms with Gasteiger partial charge in [0.05, 0.1) is 23.4 Å². The van der Waals surface area contributed by atoms with Crippen molar-refractivity contribution in [1.29, 1.82) is 0 Å². The van der Waals surface area contributed by atoms with Gasteiger partial charge in [-0.25, -0.2) is 0 Å². The Labute approximate surface area is 136 Å². The van der Waals surface area contributed by atoms with Crippen LogP contribution in [0.15, 0.2) is 35.1 Å². The Bertz CT molecular complexity index is 888. The summed E-state index contributed by atoms with van der Waals surface area (Å²) in [4.78, 5) is 35.9. The van der Waals surface area contributed by atoms with Crippen LogP contribution in [0.3, 0.4) is 0 Å². The molecule has 0 bridgehead atoms. The number of nitrogens with zero attached hydrogens (tertiary/aromatic N) is 1. The Morgan fingerprint density at radius 2 is 1.92 bits per heavy atom. The molecule has 0 radical (unpaired) electrons. The largest absolute Gasteiger partial charge is 0.491 e. The first-order chi connectivity index (χ1) is 11.5. The zero-order chi connectivity index (χ0) is 17.3. The van der Waals surface area contributed by atoms with Crippen LogP contribution in [0.4, 0.5) is 5.82 Å². The number of hydrogen-bond donors (Lipinski definition) is 2. The first-order valence-electron chi connectivity index (χ1n) is 7.16. The van der Waals surface area contributed by atoms with E-state index in [9.17, 15) is 14.4 Å². The van der Waals surface area contributed by atoms with Gasteiger partial charge in [-0.05, 0) is 12.1 Å². The second kappa shape index (κ2) is 6.17. The van der Waals surface area contributed by atoms with Crippen LogP contribution in [-0.2, 0) is 4.74 Å². The number of amides is 2. The number of ether oxygens (including phenoxy) is 2. The predicted molar refractivity (Wildman–Crippen MR) is 85.6 cm³/mol. The summed E-state index contributed by atoms with van der Waals surface area (Å²) in [6.07, 6.45) is 0. The van der Waals surface area contributed by atoms with Gasteiger partial charge in [0.1, 0.15) is 18.2 Å². The summed E-state index contributed by atoms with van der Waals surface area (Å²) in [5.74, 6) is -0.803. The summed E-state index contributed by atoms with van der Waals surface area (Å²) < 4.78 is 11.6. The van der Waals surface area contributed by atoms with Crippen molar-refractivity contribution in [1.82, 2.24) is 9.88 Å². The average Bonchev–Trinajstić information content (AvgIpc) is 2.82. The second-order valence-electron chi connectivity index (χ2n) is 5.11. The van der Waals surface area contributed by atoms with Crippen molar-refractivity contribution < 1.29 is 19.1 Å². The molecule has 0 atom stereocenters. The van der Waals surface area contributed by atoms with Gasteiger partial charge in [0.25, 0.3) is 17.4 Å². The topological polar surface area (TPSA) is 113 Å². The lowest BCUT2D eigenvalue weighted by Crippen LogP contribution is -2.24. The van der Waals surface area contributed by atoms with Gasteiger partial charge < -0.3 is 15.2 Å². The highest BCUT2D eigenvalue weighted by atomic mass is 16.5. The van der Waals surface area contributed by atoms with Gasteiger partial charge in [0, 0.05) is 19.2 Å². The van der Waals surface area contributed by atoms with E-state index in [4.69, 9.17) is 15.2 Å². The number of nitrogens with one attached hydrogen (secondary N) is 1. The highest BCUT2D eigenvalue weighted by Crippen LogP contribution is 2.24. The first kappa shape index (κ1) is 15.8. The predicted octanol–water partition coefficient (Wildman–Crippen LogP) is 0.329. The molecule has 2 aromatic rings. The summed E-state index contributed by atoms with van der Waals surface area (Å²) in [5.41, 5.74) is 5.90. The minimum atomic E-state index is -0.623. The molecule has 0 spiro atoms. The number of nitrogens with two attached hydrogens (primary N) is 1. The van der Waals surface area contributed by atoms with Gasteiger partial charge in [-0.15, -0.1) is 0 Å². The maximum absolute atomic E-state index is 12.4. The molecule has 0 unspecified atom stereocenters. The number of methoxy groups -OCH3 is 1. The molecular weight excluding hydrogens is 314 g/mol. The third kappa shape index (κ3) is 2.63. The van der Waals surface area contributed by atoms with E-state index >= 15 is 0 Å². The van der Waals surface area contributed by atoms with Crippen LogP contribution in [0.1, 0.15) is 20.7 Å². The van der Waals surface area contributed by atoms with Crippen molar-refractivity contribution in [2.45, 2.75) is 0 Å². The Kier molecular flexibility index (Phi) is 4.05. The number of anilines is 1. The van der Waals surface area contributed by atoms with Crippen molar-refractivity contribution in [2.24, 2.45) is 0 Å². The van der Waals surface area contributed by atoms with E-state index in [1.165, 1.54) is 4.57 Å². The molecule has 3 N–H and O–H groups in total. The van der Waals surface area contributed by atoms with Crippen LogP contribution in [-0.4, -0.2) is 36.7 Å². The summed E-state index contributed by atoms with van der Waals surface area (Å²) >= 11 is 0. The van der Waals surface area contributed by atoms with Gasteiger partial charge in [-0.3, -0.25) is 24.3 Å². The van der Waals surface area contributed by atoms with E-state index in [0.29, 0.717) is 24.7 Å². The monoisotopic (exact) mass is 329 g/mol. The molecule has 0 saturated carbocycles. The molecular formula is C16H15N3O5. The summed E-state index contributed by atoms with van der Waals surface area (Å²) in [6.45, 7) is 0.777. The van der Waals surface area contributed by atoms with Crippen molar-refractivity contribution in [2.75, 3.05) is 26.1 Å². The lowest BCUT2D eigenvalue weighted by molar-refractivity contribution is 0.0880. The van der Waals surface area contributed by atoms with Crippen molar-refractivity contribution in [3.8, 4) is 11.4 Å². The average molecular weight is 329 g/mol. The summed E-state index contributed by atoms with van der Waals surface area (Å²) in [5, 5.41) is 2.13. The molecule has 1 aromatic heterocycles. The number of imide groups is 1. The Balaban J connectivity index is 2.06. The standard InChI is InChI=1S/C16H15N3O5/c1-23-5-6-24-10-4-2-3-9(7-10)19-12(20)8-11-13(14(19)17)16(22)18-15(11)21/h2-4,7-8H,5-6,17H2,1H3,(H,18,21,22). The Hall–Kier alpha value is -3.13. The maximum atomic E-state index is 12.4. The number of benzene rings is 1. The molecule has 0 aliphatic carbocycles. The minimum Gasteiger partial charge on any atom is -0.491 e. The van der Waals surface area contributed by atoms with E-state index < -0.39 is 17.4 Å². The molecule has 1 aliphatic heterocycles.